The summed E-state index contributed by atoms with van der Waals surface area (Å²) in [5.74, 6) is 2.24. The van der Waals surface area contributed by atoms with Crippen LogP contribution in [0.4, 0.5) is 5.82 Å². The number of hydrogen-bond donors (Lipinski definition) is 1. The highest BCUT2D eigenvalue weighted by molar-refractivity contribution is 7.20. The number of ether oxygens (including phenoxy) is 2. The minimum atomic E-state index is 0.0526. The minimum absolute atomic E-state index is 0.0526. The van der Waals surface area contributed by atoms with E-state index >= 15 is 0 Å². The molecule has 0 fully saturated rings. The maximum absolute atomic E-state index is 12.9. The van der Waals surface area contributed by atoms with E-state index in [1.165, 1.54) is 11.3 Å². The van der Waals surface area contributed by atoms with Crippen LogP contribution in [0.15, 0.2) is 24.5 Å². The van der Waals surface area contributed by atoms with E-state index in [0.29, 0.717) is 31.1 Å². The van der Waals surface area contributed by atoms with Crippen LogP contribution in [0.25, 0.3) is 10.2 Å². The van der Waals surface area contributed by atoms with Gasteiger partial charge in [0.25, 0.3) is 5.91 Å². The maximum atomic E-state index is 12.9. The molecule has 160 valence electrons. The summed E-state index contributed by atoms with van der Waals surface area (Å²) >= 11 is 1.43. The molecular weight excluding hydrogens is 400 g/mol. The minimum Gasteiger partial charge on any atom is -0.493 e. The number of hydrogen-bond acceptors (Lipinski definition) is 7. The second-order valence-corrected chi connectivity index (χ2v) is 7.80. The molecule has 0 unspecified atom stereocenters. The van der Waals surface area contributed by atoms with Gasteiger partial charge in [0.1, 0.15) is 17.0 Å². The molecule has 3 rings (SSSR count). The van der Waals surface area contributed by atoms with Crippen LogP contribution in [-0.2, 0) is 6.42 Å². The molecule has 0 spiro atoms. The highest BCUT2D eigenvalue weighted by Crippen LogP contribution is 2.34. The molecular formula is C22H28N4O3S. The van der Waals surface area contributed by atoms with Crippen molar-refractivity contribution in [1.82, 2.24) is 14.9 Å². The zero-order valence-corrected chi connectivity index (χ0v) is 18.9. The summed E-state index contributed by atoms with van der Waals surface area (Å²) in [4.78, 5) is 25.1. The van der Waals surface area contributed by atoms with Gasteiger partial charge >= 0.3 is 0 Å². The quantitative estimate of drug-likeness (QED) is 0.552. The number of thiophene rings is 1. The van der Waals surface area contributed by atoms with Crippen molar-refractivity contribution in [3.63, 3.8) is 0 Å². The van der Waals surface area contributed by atoms with E-state index in [-0.39, 0.29) is 5.91 Å². The van der Waals surface area contributed by atoms with E-state index in [0.717, 1.165) is 38.5 Å². The summed E-state index contributed by atoms with van der Waals surface area (Å²) < 4.78 is 10.7. The lowest BCUT2D eigenvalue weighted by Gasteiger charge is -2.17. The topological polar surface area (TPSA) is 76.6 Å². The van der Waals surface area contributed by atoms with Gasteiger partial charge < -0.3 is 19.7 Å². The number of rotatable bonds is 9. The van der Waals surface area contributed by atoms with Gasteiger partial charge in [-0.1, -0.05) is 6.07 Å². The molecule has 7 nitrogen and oxygen atoms in total. The highest BCUT2D eigenvalue weighted by atomic mass is 32.1. The number of carbonyl (C=O) groups excluding carboxylic acids is 1. The van der Waals surface area contributed by atoms with Crippen molar-refractivity contribution < 1.29 is 14.3 Å². The van der Waals surface area contributed by atoms with Gasteiger partial charge in [-0.25, -0.2) is 9.97 Å². The van der Waals surface area contributed by atoms with Gasteiger partial charge in [-0.3, -0.25) is 4.79 Å². The first-order valence-corrected chi connectivity index (χ1v) is 10.8. The molecule has 8 heteroatoms. The Hall–Kier alpha value is -2.87. The van der Waals surface area contributed by atoms with Crippen molar-refractivity contribution in [2.75, 3.05) is 39.2 Å². The molecule has 0 bridgehead atoms. The molecule has 30 heavy (non-hydrogen) atoms. The Morgan fingerprint density at radius 3 is 2.53 bits per heavy atom. The molecule has 1 amide bonds. The second kappa shape index (κ2) is 9.75. The summed E-state index contributed by atoms with van der Waals surface area (Å²) in [6, 6.07) is 5.91. The Morgan fingerprint density at radius 2 is 1.87 bits per heavy atom. The summed E-state index contributed by atoms with van der Waals surface area (Å²) in [5.41, 5.74) is 2.06. The molecule has 3 aromatic rings. The number of nitrogens with one attached hydrogen (secondary N) is 1. The molecule has 2 heterocycles. The lowest BCUT2D eigenvalue weighted by molar-refractivity contribution is 0.0777. The van der Waals surface area contributed by atoms with Gasteiger partial charge in [0.05, 0.1) is 24.5 Å². The Kier molecular flexibility index (Phi) is 7.10. The number of aromatic nitrogens is 2. The fraction of sp³-hybridized carbons (Fsp3) is 0.409. The molecule has 0 aliphatic rings. The number of amides is 1. The summed E-state index contributed by atoms with van der Waals surface area (Å²) in [6.45, 7) is 8.01. The van der Waals surface area contributed by atoms with Crippen LogP contribution < -0.4 is 14.8 Å². The average molecular weight is 429 g/mol. The molecule has 0 saturated heterocycles. The van der Waals surface area contributed by atoms with E-state index in [9.17, 15) is 4.79 Å². The predicted octanol–water partition coefficient (Wildman–Crippen LogP) is 4.15. The molecule has 2 aromatic heterocycles. The lowest BCUT2D eigenvalue weighted by atomic mass is 10.1. The second-order valence-electron chi connectivity index (χ2n) is 6.80. The lowest BCUT2D eigenvalue weighted by Crippen LogP contribution is -2.30. The van der Waals surface area contributed by atoms with Crippen LogP contribution >= 0.6 is 11.3 Å². The van der Waals surface area contributed by atoms with Gasteiger partial charge in [-0.15, -0.1) is 11.3 Å². The predicted molar refractivity (Wildman–Crippen MR) is 121 cm³/mol. The van der Waals surface area contributed by atoms with Crippen molar-refractivity contribution in [3.8, 4) is 11.5 Å². The molecule has 0 aliphatic heterocycles. The van der Waals surface area contributed by atoms with Gasteiger partial charge in [-0.2, -0.15) is 0 Å². The van der Waals surface area contributed by atoms with Crippen molar-refractivity contribution in [3.05, 3.63) is 40.5 Å². The normalized spacial score (nSPS) is 10.8. The van der Waals surface area contributed by atoms with Crippen LogP contribution in [0.3, 0.4) is 0 Å². The van der Waals surface area contributed by atoms with Crippen LogP contribution in [0.2, 0.25) is 0 Å². The first-order chi connectivity index (χ1) is 14.5. The number of carbonyl (C=O) groups is 1. The third-order valence-corrected chi connectivity index (χ3v) is 6.31. The Balaban J connectivity index is 1.79. The Bertz CT molecular complexity index is 1030. The first-order valence-electron chi connectivity index (χ1n) is 10.0. The maximum Gasteiger partial charge on any atom is 0.264 e. The summed E-state index contributed by atoms with van der Waals surface area (Å²) in [5, 5.41) is 4.33. The van der Waals surface area contributed by atoms with Gasteiger partial charge in [0.15, 0.2) is 11.5 Å². The first kappa shape index (κ1) is 21.8. The van der Waals surface area contributed by atoms with Crippen LogP contribution in [-0.4, -0.2) is 54.6 Å². The largest absolute Gasteiger partial charge is 0.493 e. The standard InChI is InChI=1S/C22H28N4O3S/c1-6-26(7-2)22(27)19-14(3)18-20(24-13-25-21(18)30-19)23-11-10-15-8-9-16(28-4)17(12-15)29-5/h8-9,12-13H,6-7,10-11H2,1-5H3,(H,23,24,25). The molecule has 0 atom stereocenters. The van der Waals surface area contributed by atoms with E-state index < -0.39 is 0 Å². The fourth-order valence-corrected chi connectivity index (χ4v) is 4.54. The van der Waals surface area contributed by atoms with Crippen molar-refractivity contribution in [1.29, 1.82) is 0 Å². The zero-order chi connectivity index (χ0) is 21.7. The van der Waals surface area contributed by atoms with E-state index in [4.69, 9.17) is 9.47 Å². The third kappa shape index (κ3) is 4.33. The number of nitrogens with zero attached hydrogens (tertiary/aromatic N) is 3. The number of benzene rings is 1. The molecule has 0 aliphatic carbocycles. The van der Waals surface area contributed by atoms with Crippen molar-refractivity contribution >= 4 is 33.3 Å². The summed E-state index contributed by atoms with van der Waals surface area (Å²) in [6.07, 6.45) is 2.34. The smallest absolute Gasteiger partial charge is 0.264 e. The van der Waals surface area contributed by atoms with E-state index in [2.05, 4.69) is 15.3 Å². The van der Waals surface area contributed by atoms with Gasteiger partial charge in [0.2, 0.25) is 0 Å². The van der Waals surface area contributed by atoms with E-state index in [1.807, 2.05) is 43.9 Å². The van der Waals surface area contributed by atoms with Crippen LogP contribution in [0.5, 0.6) is 11.5 Å². The number of aryl methyl sites for hydroxylation is 1. The van der Waals surface area contributed by atoms with E-state index in [1.54, 1.807) is 20.5 Å². The summed E-state index contributed by atoms with van der Waals surface area (Å²) in [7, 11) is 3.26. The Labute approximate surface area is 181 Å². The molecule has 1 N–H and O–H groups in total. The zero-order valence-electron chi connectivity index (χ0n) is 18.1. The van der Waals surface area contributed by atoms with Crippen LogP contribution in [0.1, 0.15) is 34.6 Å². The third-order valence-electron chi connectivity index (χ3n) is 5.13. The average Bonchev–Trinajstić information content (AvgIpc) is 3.11. The molecule has 0 radical (unpaired) electrons. The SMILES string of the molecule is CCN(CC)C(=O)c1sc2ncnc(NCCc3ccc(OC)c(OC)c3)c2c1C. The van der Waals surface area contributed by atoms with Crippen LogP contribution in [0, 0.1) is 6.92 Å². The van der Waals surface area contributed by atoms with Crippen molar-refractivity contribution in [2.45, 2.75) is 27.2 Å². The fourth-order valence-electron chi connectivity index (χ4n) is 3.43. The molecule has 0 saturated carbocycles. The number of anilines is 1. The molecule has 1 aromatic carbocycles. The highest BCUT2D eigenvalue weighted by Gasteiger charge is 2.22. The monoisotopic (exact) mass is 428 g/mol. The number of fused-ring (bicyclic) bond motifs is 1. The van der Waals surface area contributed by atoms with Gasteiger partial charge in [0, 0.05) is 19.6 Å². The number of methoxy groups -OCH3 is 2. The Morgan fingerprint density at radius 1 is 1.13 bits per heavy atom. The van der Waals surface area contributed by atoms with Gasteiger partial charge in [-0.05, 0) is 50.5 Å². The van der Waals surface area contributed by atoms with Crippen molar-refractivity contribution in [2.24, 2.45) is 0 Å².